The van der Waals surface area contributed by atoms with Crippen molar-refractivity contribution in [3.8, 4) is 22.3 Å². The third kappa shape index (κ3) is 4.66. The molecule has 0 bridgehead atoms. The van der Waals surface area contributed by atoms with E-state index in [0.29, 0.717) is 0 Å². The van der Waals surface area contributed by atoms with Gasteiger partial charge < -0.3 is 0 Å². The minimum absolute atomic E-state index is 0.942. The van der Waals surface area contributed by atoms with Gasteiger partial charge in [-0.1, -0.05) is 107 Å². The van der Waals surface area contributed by atoms with Gasteiger partial charge in [0.25, 0.3) is 0 Å². The van der Waals surface area contributed by atoms with E-state index in [1.165, 1.54) is 55.6 Å². The third-order valence-corrected chi connectivity index (χ3v) is 5.37. The second-order valence-electron chi connectivity index (χ2n) is 8.33. The number of aryl methyl sites for hydroxylation is 4. The number of hydrogen-bond acceptors (Lipinski definition) is 0. The predicted octanol–water partition coefficient (Wildman–Crippen LogP) is 7.85. The summed E-state index contributed by atoms with van der Waals surface area (Å²) in [5, 5.41) is 0. The molecular formula is C29H28. The lowest BCUT2D eigenvalue weighted by molar-refractivity contribution is 1.19. The van der Waals surface area contributed by atoms with Gasteiger partial charge in [0.2, 0.25) is 0 Å². The summed E-state index contributed by atoms with van der Waals surface area (Å²) >= 11 is 0. The van der Waals surface area contributed by atoms with E-state index in [0.717, 1.165) is 6.42 Å². The molecule has 0 unspecified atom stereocenters. The van der Waals surface area contributed by atoms with Crippen LogP contribution in [0, 0.1) is 27.7 Å². The first-order valence-corrected chi connectivity index (χ1v) is 10.3. The number of hydrogen-bond donors (Lipinski definition) is 0. The molecule has 0 nitrogen and oxygen atoms in total. The van der Waals surface area contributed by atoms with E-state index in [1.54, 1.807) is 0 Å². The van der Waals surface area contributed by atoms with Crippen molar-refractivity contribution in [2.24, 2.45) is 0 Å². The molecule has 0 radical (unpaired) electrons. The molecule has 0 aliphatic rings. The van der Waals surface area contributed by atoms with Crippen molar-refractivity contribution in [2.45, 2.75) is 34.1 Å². The maximum absolute atomic E-state index is 2.33. The summed E-state index contributed by atoms with van der Waals surface area (Å²) in [7, 11) is 0. The van der Waals surface area contributed by atoms with Gasteiger partial charge in [0.05, 0.1) is 0 Å². The second-order valence-corrected chi connectivity index (χ2v) is 8.33. The molecule has 0 atom stereocenters. The van der Waals surface area contributed by atoms with Gasteiger partial charge in [-0.05, 0) is 67.5 Å². The fourth-order valence-corrected chi connectivity index (χ4v) is 4.24. The highest BCUT2D eigenvalue weighted by Crippen LogP contribution is 2.26. The van der Waals surface area contributed by atoms with Crippen LogP contribution in [0.3, 0.4) is 0 Å². The fourth-order valence-electron chi connectivity index (χ4n) is 4.24. The highest BCUT2D eigenvalue weighted by atomic mass is 14.1. The van der Waals surface area contributed by atoms with Gasteiger partial charge in [0, 0.05) is 0 Å². The fraction of sp³-hybridized carbons (Fsp3) is 0.172. The van der Waals surface area contributed by atoms with Crippen LogP contribution in [0.1, 0.15) is 33.4 Å². The Morgan fingerprint density at radius 3 is 1.17 bits per heavy atom. The van der Waals surface area contributed by atoms with Gasteiger partial charge in [0.15, 0.2) is 0 Å². The first-order valence-electron chi connectivity index (χ1n) is 10.3. The van der Waals surface area contributed by atoms with E-state index in [-0.39, 0.29) is 0 Å². The van der Waals surface area contributed by atoms with Crippen molar-refractivity contribution in [1.29, 1.82) is 0 Å². The van der Waals surface area contributed by atoms with Gasteiger partial charge in [-0.25, -0.2) is 0 Å². The van der Waals surface area contributed by atoms with Crippen molar-refractivity contribution in [3.63, 3.8) is 0 Å². The van der Waals surface area contributed by atoms with Crippen LogP contribution in [-0.4, -0.2) is 0 Å². The third-order valence-electron chi connectivity index (χ3n) is 5.37. The summed E-state index contributed by atoms with van der Waals surface area (Å²) in [4.78, 5) is 0. The summed E-state index contributed by atoms with van der Waals surface area (Å²) in [5.41, 5.74) is 13.1. The smallest absolute Gasteiger partial charge is 0.00253 e. The maximum atomic E-state index is 2.33. The van der Waals surface area contributed by atoms with Gasteiger partial charge in [0.1, 0.15) is 0 Å². The van der Waals surface area contributed by atoms with Crippen molar-refractivity contribution < 1.29 is 0 Å². The SMILES string of the molecule is Cc1cc(C)cc(-c2cccc(Cc3cccc(-c4cc(C)cc(C)c4)c3)c2)c1. The Labute approximate surface area is 174 Å². The van der Waals surface area contributed by atoms with Crippen LogP contribution in [0.4, 0.5) is 0 Å². The van der Waals surface area contributed by atoms with Gasteiger partial charge in [-0.15, -0.1) is 0 Å². The lowest BCUT2D eigenvalue weighted by Crippen LogP contribution is -1.91. The molecule has 29 heavy (non-hydrogen) atoms. The monoisotopic (exact) mass is 376 g/mol. The minimum Gasteiger partial charge on any atom is -0.0614 e. The van der Waals surface area contributed by atoms with Crippen LogP contribution >= 0.6 is 0 Å². The van der Waals surface area contributed by atoms with Crippen molar-refractivity contribution in [3.05, 3.63) is 118 Å². The Bertz CT molecular complexity index is 1030. The largest absolute Gasteiger partial charge is 0.0614 e. The second kappa shape index (κ2) is 8.09. The van der Waals surface area contributed by atoms with Gasteiger partial charge in [-0.3, -0.25) is 0 Å². The molecule has 0 aliphatic heterocycles. The molecule has 0 saturated carbocycles. The van der Waals surface area contributed by atoms with Crippen LogP contribution in [-0.2, 0) is 6.42 Å². The van der Waals surface area contributed by atoms with E-state index in [1.807, 2.05) is 0 Å². The van der Waals surface area contributed by atoms with Gasteiger partial charge in [-0.2, -0.15) is 0 Å². The molecule has 0 saturated heterocycles. The Hall–Kier alpha value is -3.12. The molecule has 0 fully saturated rings. The molecule has 4 aromatic carbocycles. The molecular weight excluding hydrogens is 348 g/mol. The summed E-state index contributed by atoms with van der Waals surface area (Å²) in [6.45, 7) is 8.66. The average molecular weight is 377 g/mol. The van der Waals surface area contributed by atoms with E-state index in [2.05, 4.69) is 113 Å². The van der Waals surface area contributed by atoms with Crippen LogP contribution in [0.25, 0.3) is 22.3 Å². The highest BCUT2D eigenvalue weighted by Gasteiger charge is 2.05. The quantitative estimate of drug-likeness (QED) is 0.340. The molecule has 0 amide bonds. The molecule has 0 heteroatoms. The predicted molar refractivity (Wildman–Crippen MR) is 126 cm³/mol. The van der Waals surface area contributed by atoms with Crippen molar-refractivity contribution in [2.75, 3.05) is 0 Å². The Morgan fingerprint density at radius 2 is 0.793 bits per heavy atom. The Morgan fingerprint density at radius 1 is 0.414 bits per heavy atom. The van der Waals surface area contributed by atoms with Crippen LogP contribution in [0.2, 0.25) is 0 Å². The molecule has 0 N–H and O–H groups in total. The molecule has 0 spiro atoms. The lowest BCUT2D eigenvalue weighted by Gasteiger charge is -2.10. The van der Waals surface area contributed by atoms with E-state index in [4.69, 9.17) is 0 Å². The molecule has 0 heterocycles. The zero-order chi connectivity index (χ0) is 20.4. The normalized spacial score (nSPS) is 10.9. The summed E-state index contributed by atoms with van der Waals surface area (Å²) in [6.07, 6.45) is 0.942. The highest BCUT2D eigenvalue weighted by molar-refractivity contribution is 5.67. The number of benzene rings is 4. The Kier molecular flexibility index (Phi) is 5.36. The Balaban J connectivity index is 1.63. The van der Waals surface area contributed by atoms with Crippen LogP contribution in [0.15, 0.2) is 84.9 Å². The molecule has 4 rings (SSSR count). The summed E-state index contributed by atoms with van der Waals surface area (Å²) < 4.78 is 0. The summed E-state index contributed by atoms with van der Waals surface area (Å²) in [5.74, 6) is 0. The standard InChI is InChI=1S/C29H28/c1-20-11-21(2)14-28(13-20)26-9-5-7-24(18-26)17-25-8-6-10-27(19-25)29-15-22(3)12-23(4)16-29/h5-16,18-19H,17H2,1-4H3. The molecule has 144 valence electrons. The zero-order valence-electron chi connectivity index (χ0n) is 17.8. The number of rotatable bonds is 4. The molecule has 4 aromatic rings. The molecule has 0 aromatic heterocycles. The van der Waals surface area contributed by atoms with E-state index >= 15 is 0 Å². The van der Waals surface area contributed by atoms with Crippen molar-refractivity contribution >= 4 is 0 Å². The minimum atomic E-state index is 0.942. The average Bonchev–Trinajstić information content (AvgIpc) is 2.67. The maximum Gasteiger partial charge on any atom is -0.00253 e. The van der Waals surface area contributed by atoms with Crippen molar-refractivity contribution in [1.82, 2.24) is 0 Å². The van der Waals surface area contributed by atoms with E-state index in [9.17, 15) is 0 Å². The van der Waals surface area contributed by atoms with Gasteiger partial charge >= 0.3 is 0 Å². The first kappa shape index (κ1) is 19.2. The van der Waals surface area contributed by atoms with Crippen LogP contribution < -0.4 is 0 Å². The summed E-state index contributed by atoms with van der Waals surface area (Å²) in [6, 6.07) is 31.4. The van der Waals surface area contributed by atoms with E-state index < -0.39 is 0 Å². The zero-order valence-corrected chi connectivity index (χ0v) is 17.8. The lowest BCUT2D eigenvalue weighted by atomic mass is 9.95. The molecule has 0 aliphatic carbocycles. The first-order chi connectivity index (χ1) is 14.0. The van der Waals surface area contributed by atoms with Crippen LogP contribution in [0.5, 0.6) is 0 Å². The topological polar surface area (TPSA) is 0 Å².